The van der Waals surface area contributed by atoms with Crippen LogP contribution in [0.5, 0.6) is 0 Å². The Morgan fingerprint density at radius 3 is 2.65 bits per heavy atom. The zero-order valence-electron chi connectivity index (χ0n) is 13.8. The van der Waals surface area contributed by atoms with Crippen molar-refractivity contribution < 1.29 is 18.0 Å². The smallest absolute Gasteiger partial charge is 0.348 e. The minimum Gasteiger partial charge on any atom is -0.348 e. The first-order valence-electron chi connectivity index (χ1n) is 7.73. The molecule has 3 rings (SSSR count). The van der Waals surface area contributed by atoms with Crippen molar-refractivity contribution >= 4 is 5.91 Å². The highest BCUT2D eigenvalue weighted by atomic mass is 19.4. The lowest BCUT2D eigenvalue weighted by Gasteiger charge is -2.13. The Bertz CT molecular complexity index is 934. The van der Waals surface area contributed by atoms with Gasteiger partial charge in [0.15, 0.2) is 0 Å². The molecule has 1 aromatic carbocycles. The van der Waals surface area contributed by atoms with Crippen molar-refractivity contribution in [3.8, 4) is 11.3 Å². The molecular formula is C18H15F3N4O. The number of carbonyl (C=O) groups excluding carboxylic acids is 1. The molecule has 8 heteroatoms. The van der Waals surface area contributed by atoms with Gasteiger partial charge in [0.05, 0.1) is 23.0 Å². The number of halogens is 3. The first-order valence-corrected chi connectivity index (χ1v) is 7.73. The van der Waals surface area contributed by atoms with Gasteiger partial charge in [-0.2, -0.15) is 18.3 Å². The molecule has 0 unspecified atom stereocenters. The Labute approximate surface area is 147 Å². The molecule has 0 saturated heterocycles. The Kier molecular flexibility index (Phi) is 4.75. The molecule has 2 heterocycles. The molecule has 0 atom stereocenters. The van der Waals surface area contributed by atoms with E-state index in [2.05, 4.69) is 15.4 Å². The second-order valence-electron chi connectivity index (χ2n) is 5.64. The van der Waals surface area contributed by atoms with Crippen LogP contribution in [0.2, 0.25) is 0 Å². The van der Waals surface area contributed by atoms with Crippen molar-refractivity contribution in [3.05, 3.63) is 71.7 Å². The Balaban J connectivity index is 1.82. The molecule has 26 heavy (non-hydrogen) atoms. The first kappa shape index (κ1) is 17.7. The van der Waals surface area contributed by atoms with Crippen molar-refractivity contribution in [2.75, 3.05) is 0 Å². The lowest BCUT2D eigenvalue weighted by molar-refractivity contribution is -0.137. The van der Waals surface area contributed by atoms with E-state index in [4.69, 9.17) is 0 Å². The summed E-state index contributed by atoms with van der Waals surface area (Å²) in [5, 5.41) is 6.62. The minimum absolute atomic E-state index is 0.0447. The Morgan fingerprint density at radius 1 is 1.19 bits per heavy atom. The number of aromatic nitrogens is 3. The van der Waals surface area contributed by atoms with Crippen molar-refractivity contribution in [1.82, 2.24) is 20.1 Å². The van der Waals surface area contributed by atoms with Gasteiger partial charge in [0.1, 0.15) is 0 Å². The fourth-order valence-corrected chi connectivity index (χ4v) is 2.58. The maximum Gasteiger partial charge on any atom is 0.417 e. The summed E-state index contributed by atoms with van der Waals surface area (Å²) in [5.41, 5.74) is 0.680. The predicted molar refractivity (Wildman–Crippen MR) is 89.1 cm³/mol. The normalized spacial score (nSPS) is 11.4. The van der Waals surface area contributed by atoms with E-state index in [0.29, 0.717) is 11.3 Å². The van der Waals surface area contributed by atoms with Gasteiger partial charge < -0.3 is 5.32 Å². The standard InChI is InChI=1S/C18H15F3N4O/c1-25-11-13(10-24-25)16-12(5-4-8-22-16)9-23-17(26)14-6-2-3-7-15(14)18(19,20)21/h2-8,10-11H,9H2,1H3,(H,23,26). The number of carbonyl (C=O) groups is 1. The van der Waals surface area contributed by atoms with Crippen molar-refractivity contribution in [2.24, 2.45) is 7.05 Å². The van der Waals surface area contributed by atoms with Crippen LogP contribution < -0.4 is 5.32 Å². The summed E-state index contributed by atoms with van der Waals surface area (Å²) < 4.78 is 40.8. The molecule has 5 nitrogen and oxygen atoms in total. The van der Waals surface area contributed by atoms with E-state index in [-0.39, 0.29) is 6.54 Å². The van der Waals surface area contributed by atoms with Gasteiger partial charge in [-0.05, 0) is 23.8 Å². The highest BCUT2D eigenvalue weighted by Crippen LogP contribution is 2.31. The quantitative estimate of drug-likeness (QED) is 0.775. The SMILES string of the molecule is Cn1cc(-c2ncccc2CNC(=O)c2ccccc2C(F)(F)F)cn1. The van der Waals surface area contributed by atoms with Gasteiger partial charge in [-0.25, -0.2) is 0 Å². The average molecular weight is 360 g/mol. The molecule has 3 aromatic rings. The lowest BCUT2D eigenvalue weighted by atomic mass is 10.1. The van der Waals surface area contributed by atoms with Crippen LogP contribution in [0.15, 0.2) is 55.0 Å². The number of amides is 1. The maximum atomic E-state index is 13.1. The van der Waals surface area contributed by atoms with Crippen LogP contribution in [0.3, 0.4) is 0 Å². The van der Waals surface area contributed by atoms with Gasteiger partial charge in [0.2, 0.25) is 0 Å². The third kappa shape index (κ3) is 3.74. The fourth-order valence-electron chi connectivity index (χ4n) is 2.58. The van der Waals surface area contributed by atoms with Gasteiger partial charge in [0, 0.05) is 31.5 Å². The molecule has 134 valence electrons. The zero-order valence-corrected chi connectivity index (χ0v) is 13.8. The van der Waals surface area contributed by atoms with Crippen LogP contribution in [0.4, 0.5) is 13.2 Å². The molecule has 0 aliphatic carbocycles. The molecule has 1 N–H and O–H groups in total. The molecule has 0 aliphatic heterocycles. The third-order valence-corrected chi connectivity index (χ3v) is 3.79. The van der Waals surface area contributed by atoms with E-state index < -0.39 is 23.2 Å². The molecule has 2 aromatic heterocycles. The summed E-state index contributed by atoms with van der Waals surface area (Å²) in [6, 6.07) is 8.15. The fraction of sp³-hybridized carbons (Fsp3) is 0.167. The molecule has 1 amide bonds. The van der Waals surface area contributed by atoms with Crippen molar-refractivity contribution in [2.45, 2.75) is 12.7 Å². The number of benzene rings is 1. The first-order chi connectivity index (χ1) is 12.4. The number of hydrogen-bond donors (Lipinski definition) is 1. The lowest BCUT2D eigenvalue weighted by Crippen LogP contribution is -2.26. The summed E-state index contributed by atoms with van der Waals surface area (Å²) in [7, 11) is 1.77. The number of pyridine rings is 1. The predicted octanol–water partition coefficient (Wildman–Crippen LogP) is 3.43. The molecule has 0 saturated carbocycles. The van der Waals surface area contributed by atoms with E-state index in [1.54, 1.807) is 42.5 Å². The number of hydrogen-bond acceptors (Lipinski definition) is 3. The summed E-state index contributed by atoms with van der Waals surface area (Å²) in [4.78, 5) is 16.6. The number of nitrogens with zero attached hydrogens (tertiary/aromatic N) is 3. The van der Waals surface area contributed by atoms with Crippen LogP contribution in [0, 0.1) is 0 Å². The van der Waals surface area contributed by atoms with Crippen LogP contribution in [0.1, 0.15) is 21.5 Å². The van der Waals surface area contributed by atoms with E-state index in [1.165, 1.54) is 12.1 Å². The molecule has 0 radical (unpaired) electrons. The summed E-state index contributed by atoms with van der Waals surface area (Å²) in [6.07, 6.45) is 0.412. The molecule has 0 aliphatic rings. The van der Waals surface area contributed by atoms with Gasteiger partial charge in [-0.1, -0.05) is 18.2 Å². The second-order valence-corrected chi connectivity index (χ2v) is 5.64. The monoisotopic (exact) mass is 360 g/mol. The van der Waals surface area contributed by atoms with Crippen LogP contribution in [0.25, 0.3) is 11.3 Å². The van der Waals surface area contributed by atoms with Crippen molar-refractivity contribution in [1.29, 1.82) is 0 Å². The zero-order chi connectivity index (χ0) is 18.7. The highest BCUT2D eigenvalue weighted by molar-refractivity contribution is 5.95. The largest absolute Gasteiger partial charge is 0.417 e. The molecule has 0 spiro atoms. The highest BCUT2D eigenvalue weighted by Gasteiger charge is 2.34. The van der Waals surface area contributed by atoms with E-state index in [1.807, 2.05) is 0 Å². The van der Waals surface area contributed by atoms with Gasteiger partial charge in [-0.3, -0.25) is 14.5 Å². The maximum absolute atomic E-state index is 13.1. The second kappa shape index (κ2) is 6.99. The average Bonchev–Trinajstić information content (AvgIpc) is 3.05. The van der Waals surface area contributed by atoms with Gasteiger partial charge >= 0.3 is 6.18 Å². The number of aryl methyl sites for hydroxylation is 1. The molecule has 0 fully saturated rings. The molecular weight excluding hydrogens is 345 g/mol. The topological polar surface area (TPSA) is 59.8 Å². The summed E-state index contributed by atoms with van der Waals surface area (Å²) in [5.74, 6) is -0.793. The number of alkyl halides is 3. The summed E-state index contributed by atoms with van der Waals surface area (Å²) >= 11 is 0. The summed E-state index contributed by atoms with van der Waals surface area (Å²) in [6.45, 7) is 0.0447. The van der Waals surface area contributed by atoms with Crippen molar-refractivity contribution in [3.63, 3.8) is 0 Å². The van der Waals surface area contributed by atoms with Crippen LogP contribution in [-0.2, 0) is 19.8 Å². The van der Waals surface area contributed by atoms with E-state index in [9.17, 15) is 18.0 Å². The minimum atomic E-state index is -4.59. The van der Waals surface area contributed by atoms with Gasteiger partial charge in [-0.15, -0.1) is 0 Å². The van der Waals surface area contributed by atoms with E-state index >= 15 is 0 Å². The van der Waals surface area contributed by atoms with Crippen LogP contribution >= 0.6 is 0 Å². The van der Waals surface area contributed by atoms with Crippen LogP contribution in [-0.4, -0.2) is 20.7 Å². The number of rotatable bonds is 4. The van der Waals surface area contributed by atoms with Gasteiger partial charge in [0.25, 0.3) is 5.91 Å². The van der Waals surface area contributed by atoms with E-state index in [0.717, 1.165) is 17.7 Å². The number of nitrogens with one attached hydrogen (secondary N) is 1. The Hall–Kier alpha value is -3.16. The Morgan fingerprint density at radius 2 is 1.96 bits per heavy atom. The third-order valence-electron chi connectivity index (χ3n) is 3.79. The molecule has 0 bridgehead atoms.